The van der Waals surface area contributed by atoms with Crippen molar-refractivity contribution in [3.8, 4) is 11.6 Å². The van der Waals surface area contributed by atoms with Gasteiger partial charge in [0.1, 0.15) is 0 Å². The smallest absolute Gasteiger partial charge is 0.408 e. The molecular weight excluding hydrogens is 645 g/mol. The Morgan fingerprint density at radius 3 is 1.41 bits per heavy atom. The molecule has 0 N–H and O–H groups in total. The van der Waals surface area contributed by atoms with Crippen LogP contribution in [0, 0.1) is 12.7 Å². The van der Waals surface area contributed by atoms with E-state index in [2.05, 4.69) is 32.6 Å². The molecule has 0 aliphatic carbocycles. The van der Waals surface area contributed by atoms with Gasteiger partial charge in [-0.3, -0.25) is 9.97 Å². The van der Waals surface area contributed by atoms with Gasteiger partial charge in [-0.05, 0) is 26.0 Å². The van der Waals surface area contributed by atoms with Gasteiger partial charge in [0.15, 0.2) is 0 Å². The third-order valence-electron chi connectivity index (χ3n) is 4.96. The van der Waals surface area contributed by atoms with Crippen molar-refractivity contribution in [1.82, 2.24) is 29.1 Å². The molecule has 4 rings (SSSR count). The molecule has 4 aromatic heterocycles. The number of rotatable bonds is 4. The Balaban J connectivity index is 0.00000324. The zero-order valence-electron chi connectivity index (χ0n) is 17.4. The molecule has 0 fully saturated rings. The van der Waals surface area contributed by atoms with Gasteiger partial charge in [-0.1, -0.05) is 36.7 Å². The van der Waals surface area contributed by atoms with Gasteiger partial charge in [-0.15, -0.1) is 0 Å². The Labute approximate surface area is 204 Å². The van der Waals surface area contributed by atoms with E-state index in [0.29, 0.717) is 32.9 Å². The monoisotopic (exact) mass is 659 g/mol. The number of halogens is 6. The molecule has 6 nitrogen and oxygen atoms in total. The fourth-order valence-corrected chi connectivity index (χ4v) is 3.19. The number of imidazole rings is 2. The summed E-state index contributed by atoms with van der Waals surface area (Å²) in [5.41, 5.74) is -2.39. The molecule has 0 spiro atoms. The molecule has 0 radical (unpaired) electrons. The Bertz CT molecular complexity index is 1190. The predicted molar refractivity (Wildman–Crippen MR) is 103 cm³/mol. The van der Waals surface area contributed by atoms with Crippen LogP contribution in [0.1, 0.15) is 36.6 Å². The van der Waals surface area contributed by atoms with E-state index in [4.69, 9.17) is 0 Å². The second-order valence-corrected chi connectivity index (χ2v) is 7.54. The van der Waals surface area contributed by atoms with Crippen LogP contribution in [0.25, 0.3) is 11.6 Å². The third-order valence-corrected chi connectivity index (χ3v) is 4.96. The van der Waals surface area contributed by atoms with Crippen LogP contribution in [0.2, 0.25) is 0 Å². The Hall–Kier alpha value is -3.01. The van der Waals surface area contributed by atoms with Crippen molar-refractivity contribution in [1.29, 1.82) is 0 Å². The zero-order valence-corrected chi connectivity index (χ0v) is 19.7. The SMILES string of the molecule is CC(C)(c1cccc(-n2[c-]ncc2C(F)(F)F)n1)c1cccc(-n2[c-]ncc2C(F)(F)F)n1.[Pt+2]. The summed E-state index contributed by atoms with van der Waals surface area (Å²) in [6.07, 6.45) is -3.55. The van der Waals surface area contributed by atoms with Crippen molar-refractivity contribution in [3.05, 3.63) is 84.2 Å². The van der Waals surface area contributed by atoms with E-state index in [1.165, 1.54) is 24.3 Å². The van der Waals surface area contributed by atoms with Gasteiger partial charge >= 0.3 is 33.4 Å². The van der Waals surface area contributed by atoms with Crippen molar-refractivity contribution in [2.24, 2.45) is 0 Å². The first-order chi connectivity index (χ1) is 15.4. The van der Waals surface area contributed by atoms with E-state index in [9.17, 15) is 26.3 Å². The summed E-state index contributed by atoms with van der Waals surface area (Å²) in [5.74, 6) is -0.132. The van der Waals surface area contributed by atoms with Gasteiger partial charge in [0.2, 0.25) is 0 Å². The molecule has 0 amide bonds. The van der Waals surface area contributed by atoms with E-state index in [1.54, 1.807) is 26.0 Å². The van der Waals surface area contributed by atoms with Gasteiger partial charge in [0.25, 0.3) is 0 Å². The number of aromatic nitrogens is 6. The van der Waals surface area contributed by atoms with E-state index in [1.807, 2.05) is 0 Å². The molecule has 0 bridgehead atoms. The van der Waals surface area contributed by atoms with Crippen molar-refractivity contribution >= 4 is 0 Å². The maximum atomic E-state index is 13.3. The van der Waals surface area contributed by atoms with E-state index < -0.39 is 29.2 Å². The Morgan fingerprint density at radius 2 is 1.06 bits per heavy atom. The molecule has 4 aromatic rings. The molecular formula is C21H14F6N6Pt. The van der Waals surface area contributed by atoms with Crippen LogP contribution < -0.4 is 0 Å². The van der Waals surface area contributed by atoms with Crippen LogP contribution in [0.4, 0.5) is 26.3 Å². The summed E-state index contributed by atoms with van der Waals surface area (Å²) in [5, 5.41) is 0. The van der Waals surface area contributed by atoms with Crippen molar-refractivity contribution in [2.75, 3.05) is 0 Å². The third kappa shape index (κ3) is 4.77. The van der Waals surface area contributed by atoms with Crippen molar-refractivity contribution in [3.63, 3.8) is 0 Å². The first kappa shape index (κ1) is 25.6. The predicted octanol–water partition coefficient (Wildman–Crippen LogP) is 4.81. The first-order valence-corrected chi connectivity index (χ1v) is 9.40. The van der Waals surface area contributed by atoms with Crippen molar-refractivity contribution in [2.45, 2.75) is 31.6 Å². The van der Waals surface area contributed by atoms with Crippen LogP contribution in [-0.2, 0) is 38.8 Å². The van der Waals surface area contributed by atoms with Crippen LogP contribution in [0.15, 0.2) is 48.8 Å². The summed E-state index contributed by atoms with van der Waals surface area (Å²) >= 11 is 0. The maximum absolute atomic E-state index is 13.3. The molecule has 0 aromatic carbocycles. The molecule has 0 atom stereocenters. The average molecular weight is 659 g/mol. The fourth-order valence-electron chi connectivity index (χ4n) is 3.19. The summed E-state index contributed by atoms with van der Waals surface area (Å²) in [7, 11) is 0. The maximum Gasteiger partial charge on any atom is 2.00 e. The second-order valence-electron chi connectivity index (χ2n) is 7.54. The fraction of sp³-hybridized carbons (Fsp3) is 0.238. The molecule has 4 heterocycles. The molecule has 180 valence electrons. The quantitative estimate of drug-likeness (QED) is 0.233. The number of pyridine rings is 2. The van der Waals surface area contributed by atoms with Gasteiger partial charge in [-0.2, -0.15) is 26.3 Å². The summed E-state index contributed by atoms with van der Waals surface area (Å²) in [6, 6.07) is 8.95. The molecule has 34 heavy (non-hydrogen) atoms. The second kappa shape index (κ2) is 8.98. The molecule has 0 unspecified atom stereocenters. The van der Waals surface area contributed by atoms with Gasteiger partial charge in [0, 0.05) is 40.8 Å². The molecule has 13 heteroatoms. The minimum Gasteiger partial charge on any atom is -0.408 e. The van der Waals surface area contributed by atoms with Crippen LogP contribution >= 0.6 is 0 Å². The number of nitrogens with zero attached hydrogens (tertiary/aromatic N) is 6. The number of alkyl halides is 6. The molecule has 0 aliphatic heterocycles. The summed E-state index contributed by atoms with van der Waals surface area (Å²) < 4.78 is 80.9. The topological polar surface area (TPSA) is 61.4 Å². The van der Waals surface area contributed by atoms with Gasteiger partial charge < -0.3 is 19.1 Å². The molecule has 0 aliphatic rings. The van der Waals surface area contributed by atoms with Gasteiger partial charge in [-0.25, -0.2) is 0 Å². The van der Waals surface area contributed by atoms with Crippen LogP contribution in [0.3, 0.4) is 0 Å². The largest absolute Gasteiger partial charge is 2.00 e. The van der Waals surface area contributed by atoms with Crippen molar-refractivity contribution < 1.29 is 47.4 Å². The Morgan fingerprint density at radius 1 is 0.676 bits per heavy atom. The normalized spacial score (nSPS) is 12.5. The van der Waals surface area contributed by atoms with E-state index >= 15 is 0 Å². The summed E-state index contributed by atoms with van der Waals surface area (Å²) in [6.45, 7) is 3.41. The minimum absolute atomic E-state index is 0. The van der Waals surface area contributed by atoms with Crippen LogP contribution in [-0.4, -0.2) is 29.1 Å². The Kier molecular flexibility index (Phi) is 6.76. The molecule has 0 saturated heterocycles. The van der Waals surface area contributed by atoms with Crippen LogP contribution in [0.5, 0.6) is 0 Å². The number of hydrogen-bond donors (Lipinski definition) is 0. The average Bonchev–Trinajstić information content (AvgIpc) is 3.43. The van der Waals surface area contributed by atoms with E-state index in [-0.39, 0.29) is 32.7 Å². The standard InChI is InChI=1S/C21H14F6N6.Pt/c1-19(2,13-5-3-7-17(30-13)32-11-28-9-15(32)20(22,23)24)14-6-4-8-18(31-14)33-12-29-10-16(33)21(25,26)27;/h3-10H,1-2H3;/q-2;+2. The summed E-state index contributed by atoms with van der Waals surface area (Å²) in [4.78, 5) is 15.6. The number of hydrogen-bond acceptors (Lipinski definition) is 4. The van der Waals surface area contributed by atoms with Gasteiger partial charge in [0.05, 0.1) is 11.6 Å². The zero-order chi connectivity index (χ0) is 24.0. The van der Waals surface area contributed by atoms with E-state index in [0.717, 1.165) is 0 Å². The first-order valence-electron chi connectivity index (χ1n) is 9.40. The molecule has 0 saturated carbocycles. The minimum atomic E-state index is -4.66.